The quantitative estimate of drug-likeness (QED) is 0.523. The molecule has 1 amide bonds. The molecule has 0 spiro atoms. The summed E-state index contributed by atoms with van der Waals surface area (Å²) >= 11 is 0. The normalized spacial score (nSPS) is 23.1. The third-order valence-electron chi connectivity index (χ3n) is 6.88. The minimum atomic E-state index is -1.54. The Morgan fingerprint density at radius 2 is 2.06 bits per heavy atom. The molecule has 0 bridgehead atoms. The highest BCUT2D eigenvalue weighted by Crippen LogP contribution is 2.33. The maximum atomic E-state index is 13.1. The Bertz CT molecular complexity index is 1340. The average Bonchev–Trinajstić information content (AvgIpc) is 3.06. The second-order valence-electron chi connectivity index (χ2n) is 9.08. The zero-order valence-corrected chi connectivity index (χ0v) is 19.2. The molecule has 3 atom stereocenters. The fourth-order valence-corrected chi connectivity index (χ4v) is 4.57. The lowest BCUT2D eigenvalue weighted by atomic mass is 9.79. The van der Waals surface area contributed by atoms with Crippen molar-refractivity contribution < 1.29 is 15.0 Å². The number of carbonyl (C=O) groups is 1. The number of fused-ring (bicyclic) bond motifs is 1. The molecular formula is C23H29N5O5. The second-order valence-corrected chi connectivity index (χ2v) is 9.08. The molecular weight excluding hydrogens is 426 g/mol. The molecule has 1 fully saturated rings. The lowest BCUT2D eigenvalue weighted by Crippen LogP contribution is -2.55. The Morgan fingerprint density at radius 1 is 1.33 bits per heavy atom. The van der Waals surface area contributed by atoms with Gasteiger partial charge >= 0.3 is 5.69 Å². The number of carbonyl (C=O) groups excluding carboxylic acids is 1. The van der Waals surface area contributed by atoms with Crippen molar-refractivity contribution in [1.82, 2.24) is 24.0 Å². The van der Waals surface area contributed by atoms with Gasteiger partial charge in [0.2, 0.25) is 0 Å². The van der Waals surface area contributed by atoms with Crippen LogP contribution in [0.2, 0.25) is 0 Å². The van der Waals surface area contributed by atoms with Crippen LogP contribution in [-0.2, 0) is 13.6 Å². The van der Waals surface area contributed by atoms with Gasteiger partial charge in [0.1, 0.15) is 11.4 Å². The molecule has 0 radical (unpaired) electrons. The first-order valence-corrected chi connectivity index (χ1v) is 10.9. The van der Waals surface area contributed by atoms with Crippen LogP contribution in [0.4, 0.5) is 0 Å². The van der Waals surface area contributed by atoms with Crippen LogP contribution >= 0.6 is 0 Å². The van der Waals surface area contributed by atoms with Gasteiger partial charge < -0.3 is 19.7 Å². The molecule has 10 nitrogen and oxygen atoms in total. The van der Waals surface area contributed by atoms with Crippen LogP contribution in [-0.4, -0.2) is 64.9 Å². The molecule has 10 heteroatoms. The number of H-pyrrole nitrogens is 1. The summed E-state index contributed by atoms with van der Waals surface area (Å²) in [6.07, 6.45) is 1.05. The highest BCUT2D eigenvalue weighted by Gasteiger charge is 2.43. The van der Waals surface area contributed by atoms with Crippen LogP contribution < -0.4 is 11.2 Å². The van der Waals surface area contributed by atoms with Gasteiger partial charge in [-0.3, -0.25) is 19.1 Å². The van der Waals surface area contributed by atoms with Crippen LogP contribution in [0.5, 0.6) is 0 Å². The van der Waals surface area contributed by atoms with Crippen LogP contribution in [0, 0.1) is 13.8 Å². The van der Waals surface area contributed by atoms with Gasteiger partial charge in [0, 0.05) is 37.5 Å². The fraction of sp³-hybridized carbons (Fsp3) is 0.478. The number of aromatic nitrogens is 4. The van der Waals surface area contributed by atoms with Crippen molar-refractivity contribution in [3.8, 4) is 0 Å². The van der Waals surface area contributed by atoms with Gasteiger partial charge in [0.15, 0.2) is 0 Å². The molecule has 1 aromatic carbocycles. The Balaban J connectivity index is 1.49. The highest BCUT2D eigenvalue weighted by molar-refractivity contribution is 5.97. The van der Waals surface area contributed by atoms with Gasteiger partial charge in [0.05, 0.1) is 23.7 Å². The van der Waals surface area contributed by atoms with Crippen molar-refractivity contribution in [3.63, 3.8) is 0 Å². The molecule has 1 saturated carbocycles. The van der Waals surface area contributed by atoms with E-state index in [1.54, 1.807) is 31.0 Å². The summed E-state index contributed by atoms with van der Waals surface area (Å²) in [5.41, 5.74) is -0.126. The van der Waals surface area contributed by atoms with Crippen molar-refractivity contribution in [3.05, 3.63) is 62.2 Å². The predicted molar refractivity (Wildman–Crippen MR) is 122 cm³/mol. The number of rotatable bonds is 4. The summed E-state index contributed by atoms with van der Waals surface area (Å²) in [5.74, 6) is 0.671. The number of amides is 1. The number of nitrogens with one attached hydrogen (secondary N) is 1. The van der Waals surface area contributed by atoms with Gasteiger partial charge in [-0.2, -0.15) is 0 Å². The molecule has 0 saturated heterocycles. The van der Waals surface area contributed by atoms with Crippen molar-refractivity contribution >= 4 is 16.9 Å². The topological polar surface area (TPSA) is 133 Å². The van der Waals surface area contributed by atoms with Crippen molar-refractivity contribution in [2.24, 2.45) is 7.05 Å². The molecule has 3 aromatic rings. The lowest BCUT2D eigenvalue weighted by Gasteiger charge is -2.43. The fourth-order valence-electron chi connectivity index (χ4n) is 4.57. The summed E-state index contributed by atoms with van der Waals surface area (Å²) < 4.78 is 3.17. The number of hydrogen-bond acceptors (Lipinski definition) is 6. The Labute approximate surface area is 190 Å². The number of aliphatic hydroxyl groups excluding tert-OH is 1. The number of benzene rings is 1. The van der Waals surface area contributed by atoms with Crippen molar-refractivity contribution in [2.75, 3.05) is 7.05 Å². The molecule has 1 aliphatic carbocycles. The average molecular weight is 456 g/mol. The third-order valence-corrected chi connectivity index (χ3v) is 6.88. The molecule has 0 unspecified atom stereocenters. The molecule has 33 heavy (non-hydrogen) atoms. The Morgan fingerprint density at radius 3 is 2.76 bits per heavy atom. The molecule has 4 rings (SSSR count). The maximum Gasteiger partial charge on any atom is 0.328 e. The smallest absolute Gasteiger partial charge is 0.328 e. The number of aliphatic hydroxyl groups is 2. The van der Waals surface area contributed by atoms with E-state index in [2.05, 4.69) is 9.97 Å². The van der Waals surface area contributed by atoms with Crippen molar-refractivity contribution in [2.45, 2.75) is 57.4 Å². The summed E-state index contributed by atoms with van der Waals surface area (Å²) in [5, 5.41) is 21.8. The minimum absolute atomic E-state index is 0.148. The predicted octanol–water partition coefficient (Wildman–Crippen LogP) is 0.457. The van der Waals surface area contributed by atoms with E-state index in [4.69, 9.17) is 0 Å². The standard InChI is InChI=1S/C23H29N5O5/c1-13-11-28(22(32)25-20(13)30)12-23(33)8-7-16(10-19(23)29)27(4)21(31)15-5-6-18-17(9-15)24-14(2)26(18)3/h5-6,9,11,16,19,29,33H,7-8,10,12H2,1-4H3,(H,25,30,32)/t16-,19+,23+/m0/s1. The van der Waals surface area contributed by atoms with E-state index in [1.165, 1.54) is 10.8 Å². The maximum absolute atomic E-state index is 13.1. The summed E-state index contributed by atoms with van der Waals surface area (Å²) in [6, 6.07) is 5.13. The number of aromatic amines is 1. The third kappa shape index (κ3) is 4.11. The second kappa shape index (κ2) is 8.27. The first-order chi connectivity index (χ1) is 15.5. The molecule has 2 aromatic heterocycles. The van der Waals surface area contributed by atoms with Gasteiger partial charge in [-0.05, 0) is 51.3 Å². The van der Waals surface area contributed by atoms with E-state index in [-0.39, 0.29) is 31.3 Å². The molecule has 176 valence electrons. The van der Waals surface area contributed by atoms with E-state index in [9.17, 15) is 24.6 Å². The van der Waals surface area contributed by atoms with Gasteiger partial charge in [-0.1, -0.05) is 0 Å². The molecule has 0 aliphatic heterocycles. The van der Waals surface area contributed by atoms with Gasteiger partial charge in [0.25, 0.3) is 11.5 Å². The molecule has 3 N–H and O–H groups in total. The van der Waals surface area contributed by atoms with Crippen LogP contribution in [0.15, 0.2) is 34.0 Å². The van der Waals surface area contributed by atoms with E-state index < -0.39 is 23.0 Å². The SMILES string of the molecule is Cc1cn(C[C@]2(O)CC[C@H](N(C)C(=O)c3ccc4c(c3)nc(C)n4C)C[C@H]2O)c(=O)[nH]c1=O. The van der Waals surface area contributed by atoms with E-state index in [1.807, 2.05) is 24.6 Å². The minimum Gasteiger partial charge on any atom is -0.390 e. The number of hydrogen-bond donors (Lipinski definition) is 3. The summed E-state index contributed by atoms with van der Waals surface area (Å²) in [7, 11) is 3.61. The number of imidazole rings is 1. The number of aryl methyl sites for hydroxylation is 3. The number of nitrogens with zero attached hydrogens (tertiary/aromatic N) is 4. The zero-order valence-electron chi connectivity index (χ0n) is 19.2. The first kappa shape index (κ1) is 22.9. The van der Waals surface area contributed by atoms with Gasteiger partial charge in [-0.25, -0.2) is 9.78 Å². The van der Waals surface area contributed by atoms with E-state index >= 15 is 0 Å². The summed E-state index contributed by atoms with van der Waals surface area (Å²) in [6.45, 7) is 3.32. The first-order valence-electron chi connectivity index (χ1n) is 10.9. The Kier molecular flexibility index (Phi) is 5.75. The van der Waals surface area contributed by atoms with E-state index in [0.717, 1.165) is 16.9 Å². The van der Waals surface area contributed by atoms with Gasteiger partial charge in [-0.15, -0.1) is 0 Å². The Hall–Kier alpha value is -3.24. The highest BCUT2D eigenvalue weighted by atomic mass is 16.3. The van der Waals surface area contributed by atoms with Crippen molar-refractivity contribution in [1.29, 1.82) is 0 Å². The zero-order chi connectivity index (χ0) is 24.1. The van der Waals surface area contributed by atoms with Crippen LogP contribution in [0.3, 0.4) is 0 Å². The van der Waals surface area contributed by atoms with Crippen LogP contribution in [0.25, 0.3) is 11.0 Å². The molecule has 2 heterocycles. The van der Waals surface area contributed by atoms with Crippen LogP contribution in [0.1, 0.15) is 41.0 Å². The monoisotopic (exact) mass is 455 g/mol. The van der Waals surface area contributed by atoms with E-state index in [0.29, 0.717) is 17.5 Å². The largest absolute Gasteiger partial charge is 0.390 e. The molecule has 1 aliphatic rings. The lowest BCUT2D eigenvalue weighted by molar-refractivity contribution is -0.122. The summed E-state index contributed by atoms with van der Waals surface area (Å²) in [4.78, 5) is 45.1.